The lowest BCUT2D eigenvalue weighted by Gasteiger charge is -2.45. The largest absolute Gasteiger partial charge is 0.438 e. The third-order valence-electron chi connectivity index (χ3n) is 6.87. The molecule has 2 amide bonds. The molecule has 0 bridgehead atoms. The number of amides is 2. The molecule has 3 aromatic rings. The molecule has 2 heterocycles. The Hall–Kier alpha value is -3.71. The minimum Gasteiger partial charge on any atom is -0.438 e. The number of ether oxygens (including phenoxy) is 1. The van der Waals surface area contributed by atoms with Gasteiger partial charge in [-0.25, -0.2) is 4.79 Å². The summed E-state index contributed by atoms with van der Waals surface area (Å²) in [6.45, 7) is 5.99. The van der Waals surface area contributed by atoms with Crippen LogP contribution < -0.4 is 0 Å². The first-order chi connectivity index (χ1) is 17.5. The van der Waals surface area contributed by atoms with Crippen LogP contribution in [0, 0.1) is 0 Å². The molecule has 4 rings (SSSR count). The zero-order valence-corrected chi connectivity index (χ0v) is 22.1. The van der Waals surface area contributed by atoms with E-state index in [0.717, 1.165) is 22.3 Å². The summed E-state index contributed by atoms with van der Waals surface area (Å²) in [5.41, 5.74) is 2.31. The van der Waals surface area contributed by atoms with E-state index in [9.17, 15) is 14.7 Å². The highest BCUT2D eigenvalue weighted by Crippen LogP contribution is 2.42. The molecule has 7 nitrogen and oxygen atoms in total. The molecule has 1 aliphatic rings. The molecule has 1 unspecified atom stereocenters. The number of hydrogen-bond acceptors (Lipinski definition) is 5. The Morgan fingerprint density at radius 2 is 1.73 bits per heavy atom. The van der Waals surface area contributed by atoms with E-state index in [2.05, 4.69) is 4.98 Å². The fourth-order valence-corrected chi connectivity index (χ4v) is 4.95. The van der Waals surface area contributed by atoms with Crippen LogP contribution in [0.5, 0.6) is 0 Å². The Morgan fingerprint density at radius 1 is 1.08 bits per heavy atom. The maximum Gasteiger partial charge on any atom is 0.411 e. The van der Waals surface area contributed by atoms with Crippen molar-refractivity contribution < 1.29 is 19.4 Å². The van der Waals surface area contributed by atoms with Crippen molar-refractivity contribution in [3.05, 3.63) is 89.7 Å². The summed E-state index contributed by atoms with van der Waals surface area (Å²) in [4.78, 5) is 32.9. The Morgan fingerprint density at radius 3 is 2.27 bits per heavy atom. The van der Waals surface area contributed by atoms with Crippen molar-refractivity contribution in [3.63, 3.8) is 0 Å². The molecular formula is C30H35N3O4. The minimum atomic E-state index is -0.994. The molecule has 194 valence electrons. The van der Waals surface area contributed by atoms with Crippen LogP contribution in [0.2, 0.25) is 0 Å². The lowest BCUT2D eigenvalue weighted by atomic mass is 9.80. The number of pyridine rings is 1. The van der Waals surface area contributed by atoms with Crippen LogP contribution in [0.25, 0.3) is 11.1 Å². The van der Waals surface area contributed by atoms with Crippen LogP contribution in [0.1, 0.15) is 61.3 Å². The SMILES string of the molecule is C[C@@H](c1ccc(-c2ccc(C(=O)N(C)C)nc2)cc1)N1CCC(CC(C)(C)O)(c2ccccc2)OC1=O. The van der Waals surface area contributed by atoms with Crippen LogP contribution in [0.15, 0.2) is 72.9 Å². The molecule has 2 atom stereocenters. The minimum absolute atomic E-state index is 0.136. The summed E-state index contributed by atoms with van der Waals surface area (Å²) in [7, 11) is 3.40. The standard InChI is InChI=1S/C30H35N3O4/c1-21(22-11-13-23(14-12-22)24-15-16-26(31-19-24)27(34)32(4)5)33-18-17-30(37-28(33)35,20-29(2,3)36)25-9-7-6-8-10-25/h6-16,19,21,36H,17-18,20H2,1-5H3/t21-,30?/m0/s1. The molecule has 0 aliphatic carbocycles. The number of benzene rings is 2. The van der Waals surface area contributed by atoms with Crippen molar-refractivity contribution >= 4 is 12.0 Å². The van der Waals surface area contributed by atoms with Crippen molar-refractivity contribution in [2.24, 2.45) is 0 Å². The predicted octanol–water partition coefficient (Wildman–Crippen LogP) is 5.41. The number of aliphatic hydroxyl groups is 1. The van der Waals surface area contributed by atoms with Crippen LogP contribution in [-0.2, 0) is 10.3 Å². The molecule has 1 aliphatic heterocycles. The third kappa shape index (κ3) is 5.83. The lowest BCUT2D eigenvalue weighted by Crippen LogP contribution is -2.51. The van der Waals surface area contributed by atoms with Gasteiger partial charge in [-0.15, -0.1) is 0 Å². The summed E-state index contributed by atoms with van der Waals surface area (Å²) < 4.78 is 6.12. The van der Waals surface area contributed by atoms with Crippen LogP contribution in [0.4, 0.5) is 4.79 Å². The van der Waals surface area contributed by atoms with Crippen molar-refractivity contribution in [2.45, 2.75) is 50.9 Å². The number of hydrogen-bond donors (Lipinski definition) is 1. The second-order valence-electron chi connectivity index (χ2n) is 10.6. The van der Waals surface area contributed by atoms with E-state index in [1.54, 1.807) is 45.1 Å². The van der Waals surface area contributed by atoms with Gasteiger partial charge in [-0.1, -0.05) is 60.7 Å². The summed E-state index contributed by atoms with van der Waals surface area (Å²) in [5, 5.41) is 10.6. The van der Waals surface area contributed by atoms with Gasteiger partial charge in [0, 0.05) is 45.2 Å². The molecular weight excluding hydrogens is 466 g/mol. The second-order valence-corrected chi connectivity index (χ2v) is 10.6. The van der Waals surface area contributed by atoms with Gasteiger partial charge in [0.1, 0.15) is 11.3 Å². The normalized spacial score (nSPS) is 18.8. The molecule has 1 fully saturated rings. The number of carbonyl (C=O) groups excluding carboxylic acids is 2. The van der Waals surface area contributed by atoms with Crippen molar-refractivity contribution in [2.75, 3.05) is 20.6 Å². The van der Waals surface area contributed by atoms with Gasteiger partial charge in [0.2, 0.25) is 0 Å². The molecule has 37 heavy (non-hydrogen) atoms. The first kappa shape index (κ1) is 26.4. The average Bonchev–Trinajstić information content (AvgIpc) is 2.88. The molecule has 2 aromatic carbocycles. The van der Waals surface area contributed by atoms with Crippen molar-refractivity contribution in [3.8, 4) is 11.1 Å². The van der Waals surface area contributed by atoms with Gasteiger partial charge in [0.25, 0.3) is 5.91 Å². The van der Waals surface area contributed by atoms with Crippen LogP contribution in [0.3, 0.4) is 0 Å². The molecule has 7 heteroatoms. The Bertz CT molecular complexity index is 1230. The molecule has 0 spiro atoms. The van der Waals surface area contributed by atoms with Crippen molar-refractivity contribution in [1.29, 1.82) is 0 Å². The van der Waals surface area contributed by atoms with Gasteiger partial charge in [0.15, 0.2) is 0 Å². The third-order valence-corrected chi connectivity index (χ3v) is 6.87. The van der Waals surface area contributed by atoms with Gasteiger partial charge >= 0.3 is 6.09 Å². The molecule has 0 radical (unpaired) electrons. The van der Waals surface area contributed by atoms with Gasteiger partial charge in [-0.2, -0.15) is 0 Å². The number of aromatic nitrogens is 1. The van der Waals surface area contributed by atoms with E-state index in [4.69, 9.17) is 4.74 Å². The number of cyclic esters (lactones) is 1. The molecule has 1 saturated heterocycles. The molecule has 0 saturated carbocycles. The first-order valence-electron chi connectivity index (χ1n) is 12.5. The van der Waals surface area contributed by atoms with E-state index < -0.39 is 11.2 Å². The predicted molar refractivity (Wildman–Crippen MR) is 143 cm³/mol. The summed E-state index contributed by atoms with van der Waals surface area (Å²) in [6, 6.07) is 21.1. The number of carbonyl (C=O) groups is 2. The smallest absolute Gasteiger partial charge is 0.411 e. The lowest BCUT2D eigenvalue weighted by molar-refractivity contribution is -0.101. The topological polar surface area (TPSA) is 83.0 Å². The molecule has 1 aromatic heterocycles. The Labute approximate surface area is 218 Å². The average molecular weight is 502 g/mol. The highest BCUT2D eigenvalue weighted by atomic mass is 16.6. The highest BCUT2D eigenvalue weighted by Gasteiger charge is 2.46. The van der Waals surface area contributed by atoms with E-state index in [-0.39, 0.29) is 18.0 Å². The second kappa shape index (κ2) is 10.3. The van der Waals surface area contributed by atoms with Gasteiger partial charge < -0.3 is 19.6 Å². The monoisotopic (exact) mass is 501 g/mol. The number of nitrogens with zero attached hydrogens (tertiary/aromatic N) is 3. The van der Waals surface area contributed by atoms with E-state index in [1.807, 2.05) is 67.6 Å². The Balaban J connectivity index is 1.49. The van der Waals surface area contributed by atoms with E-state index in [0.29, 0.717) is 25.1 Å². The fourth-order valence-electron chi connectivity index (χ4n) is 4.95. The fraction of sp³-hybridized carbons (Fsp3) is 0.367. The van der Waals surface area contributed by atoms with Gasteiger partial charge in [-0.05, 0) is 43.5 Å². The number of rotatable bonds is 7. The van der Waals surface area contributed by atoms with Crippen LogP contribution in [-0.4, -0.2) is 58.1 Å². The van der Waals surface area contributed by atoms with Gasteiger partial charge in [-0.3, -0.25) is 9.78 Å². The van der Waals surface area contributed by atoms with E-state index >= 15 is 0 Å². The quantitative estimate of drug-likeness (QED) is 0.468. The first-order valence-corrected chi connectivity index (χ1v) is 12.5. The maximum atomic E-state index is 13.3. The summed E-state index contributed by atoms with van der Waals surface area (Å²) in [5.74, 6) is -0.136. The van der Waals surface area contributed by atoms with Crippen molar-refractivity contribution in [1.82, 2.24) is 14.8 Å². The Kier molecular flexibility index (Phi) is 7.37. The highest BCUT2D eigenvalue weighted by molar-refractivity contribution is 5.92. The molecule has 1 N–H and O–H groups in total. The van der Waals surface area contributed by atoms with Gasteiger partial charge in [0.05, 0.1) is 11.6 Å². The zero-order valence-electron chi connectivity index (χ0n) is 22.1. The summed E-state index contributed by atoms with van der Waals surface area (Å²) in [6.07, 6.45) is 2.21. The zero-order chi connectivity index (χ0) is 26.8. The van der Waals surface area contributed by atoms with Crippen LogP contribution >= 0.6 is 0 Å². The summed E-state index contributed by atoms with van der Waals surface area (Å²) >= 11 is 0. The van der Waals surface area contributed by atoms with E-state index in [1.165, 1.54) is 4.90 Å². The maximum absolute atomic E-state index is 13.3.